The molecule has 92 valence electrons. The van der Waals surface area contributed by atoms with Crippen LogP contribution in [0.15, 0.2) is 0 Å². The van der Waals surface area contributed by atoms with Crippen LogP contribution in [0.25, 0.3) is 0 Å². The molecule has 0 spiro atoms. The highest BCUT2D eigenvalue weighted by atomic mass is 16.2. The zero-order chi connectivity index (χ0) is 12.0. The molecule has 0 radical (unpaired) electrons. The number of piperidine rings is 1. The predicted octanol–water partition coefficient (Wildman–Crippen LogP) is -0.308. The summed E-state index contributed by atoms with van der Waals surface area (Å²) in [7, 11) is 0. The first-order chi connectivity index (χ1) is 8.16. The molecule has 6 heteroatoms. The van der Waals surface area contributed by atoms with Crippen molar-refractivity contribution in [3.63, 3.8) is 0 Å². The van der Waals surface area contributed by atoms with E-state index >= 15 is 0 Å². The molecule has 3 fully saturated rings. The second-order valence-corrected chi connectivity index (χ2v) is 4.91. The van der Waals surface area contributed by atoms with Crippen molar-refractivity contribution in [2.45, 2.75) is 37.8 Å². The fraction of sp³-hybridized carbons (Fsp3) is 0.727. The molecule has 3 aliphatic heterocycles. The van der Waals surface area contributed by atoms with Crippen LogP contribution in [0.4, 0.5) is 4.79 Å². The Morgan fingerprint density at radius 3 is 2.59 bits per heavy atom. The van der Waals surface area contributed by atoms with Gasteiger partial charge in [-0.05, 0) is 25.7 Å². The summed E-state index contributed by atoms with van der Waals surface area (Å²) in [4.78, 5) is 38.1. The number of nitrogens with zero attached hydrogens (tertiary/aromatic N) is 2. The summed E-state index contributed by atoms with van der Waals surface area (Å²) in [5.74, 6) is -0.299. The summed E-state index contributed by atoms with van der Waals surface area (Å²) in [6.45, 7) is 0.819. The van der Waals surface area contributed by atoms with Crippen LogP contribution in [-0.4, -0.2) is 52.8 Å². The van der Waals surface area contributed by atoms with Gasteiger partial charge in [0, 0.05) is 12.6 Å². The normalized spacial score (nSPS) is 33.1. The maximum Gasteiger partial charge on any atom is 0.325 e. The molecular formula is C11H15N3O3. The van der Waals surface area contributed by atoms with Gasteiger partial charge < -0.3 is 9.80 Å². The number of hydrogen-bond donors (Lipinski definition) is 1. The van der Waals surface area contributed by atoms with E-state index in [-0.39, 0.29) is 24.4 Å². The van der Waals surface area contributed by atoms with E-state index < -0.39 is 12.1 Å². The molecule has 6 nitrogen and oxygen atoms in total. The lowest BCUT2D eigenvalue weighted by Crippen LogP contribution is -2.44. The van der Waals surface area contributed by atoms with Gasteiger partial charge in [0.15, 0.2) is 0 Å². The van der Waals surface area contributed by atoms with Gasteiger partial charge in [-0.2, -0.15) is 0 Å². The summed E-state index contributed by atoms with van der Waals surface area (Å²) in [5, 5.41) is 2.22. The molecule has 0 aliphatic carbocycles. The molecule has 2 unspecified atom stereocenters. The number of imide groups is 1. The molecule has 0 aromatic carbocycles. The first-order valence-electron chi connectivity index (χ1n) is 6.08. The summed E-state index contributed by atoms with van der Waals surface area (Å²) in [6, 6.07) is -0.581. The van der Waals surface area contributed by atoms with E-state index in [2.05, 4.69) is 5.32 Å². The zero-order valence-electron chi connectivity index (χ0n) is 9.52. The fourth-order valence-electron chi connectivity index (χ4n) is 3.06. The molecule has 3 heterocycles. The van der Waals surface area contributed by atoms with Crippen molar-refractivity contribution in [3.8, 4) is 0 Å². The van der Waals surface area contributed by atoms with Gasteiger partial charge in [-0.1, -0.05) is 0 Å². The second-order valence-electron chi connectivity index (χ2n) is 4.91. The first kappa shape index (κ1) is 10.6. The Bertz CT molecular complexity index is 395. The maximum absolute atomic E-state index is 12.2. The van der Waals surface area contributed by atoms with Crippen LogP contribution in [0.1, 0.15) is 25.7 Å². The highest BCUT2D eigenvalue weighted by Crippen LogP contribution is 2.31. The molecule has 0 aromatic rings. The van der Waals surface area contributed by atoms with E-state index in [1.165, 1.54) is 4.90 Å². The standard InChI is InChI=1S/C11H15N3O3/c15-9-6-14(11(17)12-9)8-5-7-3-1-2-4-13(7)10(8)16/h7-8H,1-6H2,(H,12,15,17). The minimum Gasteiger partial charge on any atom is -0.338 e. The Labute approximate surface area is 98.9 Å². The van der Waals surface area contributed by atoms with Crippen LogP contribution in [0.2, 0.25) is 0 Å². The number of amides is 4. The van der Waals surface area contributed by atoms with Crippen LogP contribution in [0, 0.1) is 0 Å². The lowest BCUT2D eigenvalue weighted by Gasteiger charge is -2.29. The van der Waals surface area contributed by atoms with Gasteiger partial charge in [-0.15, -0.1) is 0 Å². The van der Waals surface area contributed by atoms with Crippen molar-refractivity contribution in [3.05, 3.63) is 0 Å². The van der Waals surface area contributed by atoms with Crippen molar-refractivity contribution in [1.82, 2.24) is 15.1 Å². The third kappa shape index (κ3) is 1.59. The molecule has 0 aromatic heterocycles. The third-order valence-electron chi connectivity index (χ3n) is 3.89. The highest BCUT2D eigenvalue weighted by molar-refractivity contribution is 6.04. The minimum atomic E-state index is -0.426. The molecule has 17 heavy (non-hydrogen) atoms. The largest absolute Gasteiger partial charge is 0.338 e. The van der Waals surface area contributed by atoms with Gasteiger partial charge >= 0.3 is 6.03 Å². The molecule has 3 aliphatic rings. The Balaban J connectivity index is 1.78. The highest BCUT2D eigenvalue weighted by Gasteiger charge is 2.46. The lowest BCUT2D eigenvalue weighted by molar-refractivity contribution is -0.133. The summed E-state index contributed by atoms with van der Waals surface area (Å²) < 4.78 is 0. The average Bonchev–Trinajstić information content (AvgIpc) is 2.80. The van der Waals surface area contributed by atoms with Crippen molar-refractivity contribution in [2.75, 3.05) is 13.1 Å². The number of rotatable bonds is 1. The number of fused-ring (bicyclic) bond motifs is 1. The smallest absolute Gasteiger partial charge is 0.325 e. The van der Waals surface area contributed by atoms with E-state index in [0.29, 0.717) is 6.42 Å². The van der Waals surface area contributed by atoms with Crippen molar-refractivity contribution < 1.29 is 14.4 Å². The molecule has 1 N–H and O–H groups in total. The topological polar surface area (TPSA) is 69.7 Å². The van der Waals surface area contributed by atoms with Crippen LogP contribution >= 0.6 is 0 Å². The zero-order valence-corrected chi connectivity index (χ0v) is 9.52. The Hall–Kier alpha value is -1.59. The van der Waals surface area contributed by atoms with Crippen molar-refractivity contribution >= 4 is 17.8 Å². The molecule has 0 bridgehead atoms. The Kier molecular flexibility index (Phi) is 2.31. The van der Waals surface area contributed by atoms with Gasteiger partial charge in [-0.3, -0.25) is 14.9 Å². The van der Waals surface area contributed by atoms with Gasteiger partial charge in [0.1, 0.15) is 12.6 Å². The van der Waals surface area contributed by atoms with Crippen molar-refractivity contribution in [2.24, 2.45) is 0 Å². The van der Waals surface area contributed by atoms with E-state index in [9.17, 15) is 14.4 Å². The number of urea groups is 1. The van der Waals surface area contributed by atoms with Gasteiger partial charge in [0.05, 0.1) is 0 Å². The number of hydrogen-bond acceptors (Lipinski definition) is 3. The fourth-order valence-corrected chi connectivity index (χ4v) is 3.06. The quantitative estimate of drug-likeness (QED) is 0.636. The first-order valence-corrected chi connectivity index (χ1v) is 6.08. The van der Waals surface area contributed by atoms with E-state index in [1.54, 1.807) is 0 Å². The summed E-state index contributed by atoms with van der Waals surface area (Å²) in [5.41, 5.74) is 0. The predicted molar refractivity (Wildman–Crippen MR) is 58.0 cm³/mol. The number of carbonyl (C=O) groups excluding carboxylic acids is 3. The van der Waals surface area contributed by atoms with Crippen LogP contribution in [-0.2, 0) is 9.59 Å². The van der Waals surface area contributed by atoms with Crippen LogP contribution < -0.4 is 5.32 Å². The number of carbonyl (C=O) groups is 3. The van der Waals surface area contributed by atoms with Crippen molar-refractivity contribution in [1.29, 1.82) is 0 Å². The average molecular weight is 237 g/mol. The number of nitrogens with one attached hydrogen (secondary N) is 1. The summed E-state index contributed by atoms with van der Waals surface area (Å²) in [6.07, 6.45) is 3.89. The third-order valence-corrected chi connectivity index (χ3v) is 3.89. The van der Waals surface area contributed by atoms with E-state index in [0.717, 1.165) is 25.8 Å². The Morgan fingerprint density at radius 1 is 1.12 bits per heavy atom. The molecular weight excluding hydrogens is 222 g/mol. The Morgan fingerprint density at radius 2 is 1.94 bits per heavy atom. The molecule has 3 saturated heterocycles. The molecule has 4 amide bonds. The monoisotopic (exact) mass is 237 g/mol. The van der Waals surface area contributed by atoms with Crippen LogP contribution in [0.3, 0.4) is 0 Å². The lowest BCUT2D eigenvalue weighted by atomic mass is 10.0. The minimum absolute atomic E-state index is 0.0135. The van der Waals surface area contributed by atoms with Gasteiger partial charge in [-0.25, -0.2) is 4.79 Å². The second kappa shape index (κ2) is 3.72. The van der Waals surface area contributed by atoms with E-state index in [1.807, 2.05) is 4.90 Å². The van der Waals surface area contributed by atoms with Crippen LogP contribution in [0.5, 0.6) is 0 Å². The molecule has 0 saturated carbocycles. The maximum atomic E-state index is 12.2. The van der Waals surface area contributed by atoms with Gasteiger partial charge in [0.2, 0.25) is 11.8 Å². The van der Waals surface area contributed by atoms with E-state index in [4.69, 9.17) is 0 Å². The SMILES string of the molecule is O=C1CN(C2CC3CCCCN3C2=O)C(=O)N1. The summed E-state index contributed by atoms with van der Waals surface area (Å²) >= 11 is 0. The molecule has 3 rings (SSSR count). The van der Waals surface area contributed by atoms with Gasteiger partial charge in [0.25, 0.3) is 0 Å². The molecule has 2 atom stereocenters.